The predicted molar refractivity (Wildman–Crippen MR) is 79.1 cm³/mol. The summed E-state index contributed by atoms with van der Waals surface area (Å²) < 4.78 is 0. The maximum atomic E-state index is 4.64. The van der Waals surface area contributed by atoms with Crippen molar-refractivity contribution < 1.29 is 0 Å². The standard InChI is InChI=1S/C15H27N3/c1-11(2)7-13(4)18(6)15-9-14(10-16-5)8-12(3)17-15/h8-9,11,13,16H,7,10H2,1-6H3. The van der Waals surface area contributed by atoms with Gasteiger partial charge in [0.2, 0.25) is 0 Å². The van der Waals surface area contributed by atoms with E-state index in [1.165, 1.54) is 12.0 Å². The van der Waals surface area contributed by atoms with Gasteiger partial charge in [-0.1, -0.05) is 13.8 Å². The van der Waals surface area contributed by atoms with E-state index in [9.17, 15) is 0 Å². The molecule has 0 aromatic carbocycles. The zero-order valence-corrected chi connectivity index (χ0v) is 12.6. The molecule has 18 heavy (non-hydrogen) atoms. The van der Waals surface area contributed by atoms with Gasteiger partial charge in [-0.2, -0.15) is 0 Å². The summed E-state index contributed by atoms with van der Waals surface area (Å²) >= 11 is 0. The molecule has 0 aliphatic heterocycles. The van der Waals surface area contributed by atoms with Gasteiger partial charge >= 0.3 is 0 Å². The fraction of sp³-hybridized carbons (Fsp3) is 0.667. The highest BCUT2D eigenvalue weighted by atomic mass is 15.2. The first-order valence-electron chi connectivity index (χ1n) is 6.79. The van der Waals surface area contributed by atoms with Crippen LogP contribution in [0.3, 0.4) is 0 Å². The molecule has 1 unspecified atom stereocenters. The average Bonchev–Trinajstić information content (AvgIpc) is 2.26. The topological polar surface area (TPSA) is 28.2 Å². The molecule has 1 atom stereocenters. The van der Waals surface area contributed by atoms with E-state index in [-0.39, 0.29) is 0 Å². The van der Waals surface area contributed by atoms with Crippen molar-refractivity contribution >= 4 is 5.82 Å². The van der Waals surface area contributed by atoms with Crippen LogP contribution >= 0.6 is 0 Å². The fourth-order valence-corrected chi connectivity index (χ4v) is 2.27. The Morgan fingerprint density at radius 2 is 1.94 bits per heavy atom. The Morgan fingerprint density at radius 1 is 1.28 bits per heavy atom. The van der Waals surface area contributed by atoms with Crippen molar-refractivity contribution in [2.24, 2.45) is 5.92 Å². The van der Waals surface area contributed by atoms with Gasteiger partial charge in [0.05, 0.1) is 0 Å². The lowest BCUT2D eigenvalue weighted by Gasteiger charge is -2.28. The first-order chi connectivity index (χ1) is 8.43. The minimum absolute atomic E-state index is 0.515. The molecule has 102 valence electrons. The van der Waals surface area contributed by atoms with Crippen molar-refractivity contribution in [2.75, 3.05) is 19.0 Å². The number of hydrogen-bond donors (Lipinski definition) is 1. The molecule has 1 rings (SSSR count). The molecule has 0 aliphatic carbocycles. The Hall–Kier alpha value is -1.09. The van der Waals surface area contributed by atoms with Crippen LogP contribution in [0.5, 0.6) is 0 Å². The van der Waals surface area contributed by atoms with E-state index in [1.807, 2.05) is 7.05 Å². The zero-order valence-electron chi connectivity index (χ0n) is 12.6. The lowest BCUT2D eigenvalue weighted by atomic mass is 10.0. The molecule has 0 saturated carbocycles. The highest BCUT2D eigenvalue weighted by Crippen LogP contribution is 2.19. The van der Waals surface area contributed by atoms with Crippen LogP contribution in [0.4, 0.5) is 5.82 Å². The normalized spacial score (nSPS) is 12.8. The summed E-state index contributed by atoms with van der Waals surface area (Å²) in [6.45, 7) is 9.75. The van der Waals surface area contributed by atoms with Crippen molar-refractivity contribution in [3.8, 4) is 0 Å². The van der Waals surface area contributed by atoms with Crippen molar-refractivity contribution in [3.05, 3.63) is 23.4 Å². The molecular weight excluding hydrogens is 222 g/mol. The summed E-state index contributed by atoms with van der Waals surface area (Å²) in [5.41, 5.74) is 2.38. The third-order valence-electron chi connectivity index (χ3n) is 3.22. The second-order valence-electron chi connectivity index (χ2n) is 5.59. The molecule has 0 bridgehead atoms. The quantitative estimate of drug-likeness (QED) is 0.840. The third-order valence-corrected chi connectivity index (χ3v) is 3.22. The highest BCUT2D eigenvalue weighted by molar-refractivity contribution is 5.42. The monoisotopic (exact) mass is 249 g/mol. The molecule has 1 N–H and O–H groups in total. The summed E-state index contributed by atoms with van der Waals surface area (Å²) in [4.78, 5) is 6.93. The lowest BCUT2D eigenvalue weighted by Crippen LogP contribution is -2.31. The number of anilines is 1. The Morgan fingerprint density at radius 3 is 2.50 bits per heavy atom. The Bertz CT molecular complexity index is 374. The molecule has 1 aromatic rings. The number of nitrogens with one attached hydrogen (secondary N) is 1. The molecular formula is C15H27N3. The number of hydrogen-bond acceptors (Lipinski definition) is 3. The van der Waals surface area contributed by atoms with Crippen molar-refractivity contribution in [1.29, 1.82) is 0 Å². The minimum Gasteiger partial charge on any atom is -0.357 e. The van der Waals surface area contributed by atoms with E-state index < -0.39 is 0 Å². The summed E-state index contributed by atoms with van der Waals surface area (Å²) in [5, 5.41) is 3.19. The van der Waals surface area contributed by atoms with Gasteiger partial charge in [0.1, 0.15) is 5.82 Å². The van der Waals surface area contributed by atoms with Crippen LogP contribution in [0.15, 0.2) is 12.1 Å². The maximum absolute atomic E-state index is 4.64. The smallest absolute Gasteiger partial charge is 0.129 e. The summed E-state index contributed by atoms with van der Waals surface area (Å²) in [5.74, 6) is 1.79. The second kappa shape index (κ2) is 6.74. The molecule has 0 spiro atoms. The SMILES string of the molecule is CNCc1cc(C)nc(N(C)C(C)CC(C)C)c1. The summed E-state index contributed by atoms with van der Waals surface area (Å²) in [6.07, 6.45) is 1.19. The molecule has 3 heteroatoms. The van der Waals surface area contributed by atoms with Crippen molar-refractivity contribution in [3.63, 3.8) is 0 Å². The van der Waals surface area contributed by atoms with Crippen LogP contribution in [0.2, 0.25) is 0 Å². The molecule has 0 amide bonds. The predicted octanol–water partition coefficient (Wildman–Crippen LogP) is 2.98. The highest BCUT2D eigenvalue weighted by Gasteiger charge is 2.13. The van der Waals surface area contributed by atoms with E-state index in [2.05, 4.69) is 62.1 Å². The number of pyridine rings is 1. The lowest BCUT2D eigenvalue weighted by molar-refractivity contribution is 0.502. The van der Waals surface area contributed by atoms with E-state index in [4.69, 9.17) is 0 Å². The van der Waals surface area contributed by atoms with Gasteiger partial charge in [0.25, 0.3) is 0 Å². The molecule has 0 aliphatic rings. The molecule has 0 radical (unpaired) electrons. The van der Waals surface area contributed by atoms with Crippen LogP contribution < -0.4 is 10.2 Å². The number of nitrogens with zero attached hydrogens (tertiary/aromatic N) is 2. The first-order valence-corrected chi connectivity index (χ1v) is 6.79. The van der Waals surface area contributed by atoms with E-state index >= 15 is 0 Å². The van der Waals surface area contributed by atoms with E-state index in [0.717, 1.165) is 18.1 Å². The summed E-state index contributed by atoms with van der Waals surface area (Å²) in [7, 11) is 4.11. The van der Waals surface area contributed by atoms with Gasteiger partial charge in [-0.25, -0.2) is 4.98 Å². The second-order valence-corrected chi connectivity index (χ2v) is 5.59. The van der Waals surface area contributed by atoms with E-state index in [0.29, 0.717) is 12.0 Å². The number of rotatable bonds is 6. The average molecular weight is 249 g/mol. The van der Waals surface area contributed by atoms with Gasteiger partial charge in [-0.15, -0.1) is 0 Å². The van der Waals surface area contributed by atoms with Gasteiger partial charge in [0, 0.05) is 25.3 Å². The minimum atomic E-state index is 0.515. The third kappa shape index (κ3) is 4.30. The number of aryl methyl sites for hydroxylation is 1. The molecule has 0 saturated heterocycles. The summed E-state index contributed by atoms with van der Waals surface area (Å²) in [6, 6.07) is 4.84. The molecule has 1 aromatic heterocycles. The fourth-order valence-electron chi connectivity index (χ4n) is 2.27. The number of aromatic nitrogens is 1. The van der Waals surface area contributed by atoms with Crippen molar-refractivity contribution in [1.82, 2.24) is 10.3 Å². The molecule has 0 fully saturated rings. The van der Waals surface area contributed by atoms with Crippen molar-refractivity contribution in [2.45, 2.75) is 46.7 Å². The van der Waals surface area contributed by atoms with Gasteiger partial charge < -0.3 is 10.2 Å². The van der Waals surface area contributed by atoms with Gasteiger partial charge in [-0.05, 0) is 50.9 Å². The van der Waals surface area contributed by atoms with E-state index in [1.54, 1.807) is 0 Å². The first kappa shape index (κ1) is 15.0. The van der Waals surface area contributed by atoms with Gasteiger partial charge in [0.15, 0.2) is 0 Å². The van der Waals surface area contributed by atoms with Crippen LogP contribution in [-0.4, -0.2) is 25.1 Å². The Labute approximate surface area is 112 Å². The Kier molecular flexibility index (Phi) is 5.60. The van der Waals surface area contributed by atoms with Crippen LogP contribution in [0, 0.1) is 12.8 Å². The van der Waals surface area contributed by atoms with Crippen LogP contribution in [0.25, 0.3) is 0 Å². The Balaban J connectivity index is 2.87. The zero-order chi connectivity index (χ0) is 13.7. The van der Waals surface area contributed by atoms with Gasteiger partial charge in [-0.3, -0.25) is 0 Å². The molecule has 1 heterocycles. The van der Waals surface area contributed by atoms with Crippen LogP contribution in [-0.2, 0) is 6.54 Å². The maximum Gasteiger partial charge on any atom is 0.129 e. The molecule has 3 nitrogen and oxygen atoms in total. The largest absolute Gasteiger partial charge is 0.357 e. The van der Waals surface area contributed by atoms with Crippen LogP contribution in [0.1, 0.15) is 38.4 Å².